The lowest BCUT2D eigenvalue weighted by Crippen LogP contribution is -2.52. The van der Waals surface area contributed by atoms with E-state index < -0.39 is 24.2 Å². The summed E-state index contributed by atoms with van der Waals surface area (Å²) in [5.41, 5.74) is 0. The molecule has 0 aliphatic carbocycles. The van der Waals surface area contributed by atoms with Gasteiger partial charge in [0, 0.05) is 19.2 Å². The number of carboxylic acid groups (broad SMARTS) is 1. The zero-order chi connectivity index (χ0) is 16.2. The second-order valence-corrected chi connectivity index (χ2v) is 6.48. The van der Waals surface area contributed by atoms with Gasteiger partial charge in [0.25, 0.3) is 0 Å². The molecule has 120 valence electrons. The van der Waals surface area contributed by atoms with Crippen LogP contribution >= 0.6 is 11.8 Å². The zero-order valence-electron chi connectivity index (χ0n) is 12.7. The number of aliphatic imine (C=N–C) groups is 1. The second kappa shape index (κ2) is 7.77. The minimum absolute atomic E-state index is 0.200. The van der Waals surface area contributed by atoms with Gasteiger partial charge in [-0.2, -0.15) is 0 Å². The Kier molecular flexibility index (Phi) is 6.63. The van der Waals surface area contributed by atoms with E-state index >= 15 is 0 Å². The molecule has 21 heavy (non-hydrogen) atoms. The van der Waals surface area contributed by atoms with Gasteiger partial charge in [-0.25, -0.2) is 4.79 Å². The van der Waals surface area contributed by atoms with Crippen molar-refractivity contribution in [2.75, 3.05) is 26.9 Å². The molecule has 1 aliphatic heterocycles. The van der Waals surface area contributed by atoms with Crippen molar-refractivity contribution >= 4 is 28.7 Å². The Balaban J connectivity index is 2.69. The Morgan fingerprint density at radius 2 is 2.14 bits per heavy atom. The van der Waals surface area contributed by atoms with E-state index in [1.165, 1.54) is 18.8 Å². The molecule has 0 aromatic rings. The molecule has 0 aromatic carbocycles. The molecule has 0 aromatic heterocycles. The number of thioether (sulfide) groups is 1. The highest BCUT2D eigenvalue weighted by Crippen LogP contribution is 2.25. The molecule has 1 unspecified atom stereocenters. The van der Waals surface area contributed by atoms with Crippen molar-refractivity contribution in [2.45, 2.75) is 31.5 Å². The van der Waals surface area contributed by atoms with Gasteiger partial charge in [0.2, 0.25) is 5.91 Å². The average Bonchev–Trinajstić information content (AvgIpc) is 2.86. The van der Waals surface area contributed by atoms with Crippen LogP contribution in [0.15, 0.2) is 4.99 Å². The van der Waals surface area contributed by atoms with E-state index in [0.717, 1.165) is 5.04 Å². The predicted octanol–water partition coefficient (Wildman–Crippen LogP) is -0.352. The molecule has 7 nitrogen and oxygen atoms in total. The fourth-order valence-corrected chi connectivity index (χ4v) is 3.36. The van der Waals surface area contributed by atoms with Gasteiger partial charge in [0.15, 0.2) is 6.04 Å². The molecule has 1 rings (SSSR count). The predicted molar refractivity (Wildman–Crippen MR) is 82.6 cm³/mol. The Morgan fingerprint density at radius 1 is 1.52 bits per heavy atom. The maximum Gasteiger partial charge on any atom is 0.329 e. The largest absolute Gasteiger partial charge is 0.480 e. The van der Waals surface area contributed by atoms with Crippen LogP contribution in [-0.2, 0) is 9.59 Å². The van der Waals surface area contributed by atoms with E-state index in [1.807, 2.05) is 6.92 Å². The molecule has 0 saturated carbocycles. The van der Waals surface area contributed by atoms with Crippen LogP contribution in [0.25, 0.3) is 0 Å². The van der Waals surface area contributed by atoms with Gasteiger partial charge in [-0.1, -0.05) is 6.92 Å². The number of nitrogens with one attached hydrogen (secondary N) is 1. The molecular weight excluding hydrogens is 294 g/mol. The minimum Gasteiger partial charge on any atom is -0.480 e. The molecule has 0 radical (unpaired) electrons. The highest BCUT2D eigenvalue weighted by atomic mass is 32.2. The number of hydrogen-bond donors (Lipinski definition) is 3. The summed E-state index contributed by atoms with van der Waals surface area (Å²) >= 11 is 1.40. The summed E-state index contributed by atoms with van der Waals surface area (Å²) in [5.74, 6) is -0.945. The van der Waals surface area contributed by atoms with Gasteiger partial charge < -0.3 is 15.5 Å². The molecule has 1 heterocycles. The normalized spacial score (nSPS) is 22.6. The Hall–Kier alpha value is -1.12. The first-order valence-electron chi connectivity index (χ1n) is 6.76. The molecule has 0 saturated heterocycles. The summed E-state index contributed by atoms with van der Waals surface area (Å²) in [6.07, 6.45) is -0.385. The van der Waals surface area contributed by atoms with Crippen LogP contribution in [-0.4, -0.2) is 77.1 Å². The Morgan fingerprint density at radius 3 is 2.57 bits per heavy atom. The monoisotopic (exact) mass is 317 g/mol. The van der Waals surface area contributed by atoms with Gasteiger partial charge in [-0.3, -0.25) is 14.7 Å². The van der Waals surface area contributed by atoms with Crippen LogP contribution in [0.3, 0.4) is 0 Å². The third kappa shape index (κ3) is 4.69. The van der Waals surface area contributed by atoms with Gasteiger partial charge in [0.1, 0.15) is 6.04 Å². The van der Waals surface area contributed by atoms with Crippen molar-refractivity contribution in [3.8, 4) is 0 Å². The van der Waals surface area contributed by atoms with Crippen molar-refractivity contribution < 1.29 is 19.8 Å². The topological polar surface area (TPSA) is 102 Å². The summed E-state index contributed by atoms with van der Waals surface area (Å²) in [5, 5.41) is 22.6. The number of carboxylic acids is 1. The number of aliphatic hydroxyl groups excluding tert-OH is 1. The van der Waals surface area contributed by atoms with Crippen molar-refractivity contribution in [1.82, 2.24) is 10.2 Å². The lowest BCUT2D eigenvalue weighted by molar-refractivity contribution is -0.137. The minimum atomic E-state index is -0.928. The number of amides is 1. The number of nitrogens with zero attached hydrogens (tertiary/aromatic N) is 2. The smallest absolute Gasteiger partial charge is 0.329 e. The summed E-state index contributed by atoms with van der Waals surface area (Å²) in [4.78, 5) is 28.5. The van der Waals surface area contributed by atoms with Crippen LogP contribution in [0.5, 0.6) is 0 Å². The number of aliphatic carboxylic acids is 1. The standard InChI is InChI=1S/C13H23N3O4S/c1-7(5-9-15-8(6-21-9)13(19)20)11(17)10(16(3)4)12(18)14-2/h7-8,10-11,17H,5-6H2,1-4H3,(H,14,18)(H,19,20)/t7-,8?,10+,11-/m1/s1. The van der Waals surface area contributed by atoms with Crippen LogP contribution in [0.1, 0.15) is 13.3 Å². The maximum absolute atomic E-state index is 11.9. The van der Waals surface area contributed by atoms with Crippen molar-refractivity contribution in [3.05, 3.63) is 0 Å². The number of aliphatic hydroxyl groups is 1. The van der Waals surface area contributed by atoms with Gasteiger partial charge in [0.05, 0.1) is 11.1 Å². The first-order chi connectivity index (χ1) is 9.77. The van der Waals surface area contributed by atoms with E-state index in [2.05, 4.69) is 10.3 Å². The van der Waals surface area contributed by atoms with Gasteiger partial charge in [-0.15, -0.1) is 11.8 Å². The number of rotatable bonds is 7. The molecule has 0 fully saturated rings. The highest BCUT2D eigenvalue weighted by Gasteiger charge is 2.34. The molecule has 4 atom stereocenters. The molecule has 8 heteroatoms. The second-order valence-electron chi connectivity index (χ2n) is 5.38. The summed E-state index contributed by atoms with van der Waals surface area (Å²) in [7, 11) is 5.00. The SMILES string of the molecule is CNC(=O)[C@H]([C@H](O)[C@H](C)CC1=NC(C(=O)O)CS1)N(C)C. The molecule has 1 amide bonds. The number of likely N-dealkylation sites (N-methyl/N-ethyl adjacent to an activating group) is 2. The van der Waals surface area contributed by atoms with E-state index in [9.17, 15) is 14.7 Å². The van der Waals surface area contributed by atoms with E-state index in [-0.39, 0.29) is 11.8 Å². The molecular formula is C13H23N3O4S. The molecule has 3 N–H and O–H groups in total. The number of carbonyl (C=O) groups is 2. The fraction of sp³-hybridized carbons (Fsp3) is 0.769. The van der Waals surface area contributed by atoms with Crippen LogP contribution < -0.4 is 5.32 Å². The van der Waals surface area contributed by atoms with E-state index in [4.69, 9.17) is 5.11 Å². The molecule has 0 bridgehead atoms. The Bertz CT molecular complexity index is 428. The summed E-state index contributed by atoms with van der Waals surface area (Å²) in [6.45, 7) is 1.83. The molecule has 0 spiro atoms. The van der Waals surface area contributed by atoms with Crippen molar-refractivity contribution in [3.63, 3.8) is 0 Å². The van der Waals surface area contributed by atoms with E-state index in [1.54, 1.807) is 19.0 Å². The number of hydrogen-bond acceptors (Lipinski definition) is 6. The van der Waals surface area contributed by atoms with Gasteiger partial charge in [-0.05, 0) is 20.0 Å². The lowest BCUT2D eigenvalue weighted by atomic mass is 9.94. The van der Waals surface area contributed by atoms with E-state index in [0.29, 0.717) is 12.2 Å². The third-order valence-corrected chi connectivity index (χ3v) is 4.55. The average molecular weight is 317 g/mol. The first kappa shape index (κ1) is 17.9. The summed E-state index contributed by atoms with van der Waals surface area (Å²) in [6, 6.07) is -1.34. The molecule has 1 aliphatic rings. The van der Waals surface area contributed by atoms with Crippen LogP contribution in [0.2, 0.25) is 0 Å². The lowest BCUT2D eigenvalue weighted by Gasteiger charge is -2.31. The first-order valence-corrected chi connectivity index (χ1v) is 7.74. The third-order valence-electron chi connectivity index (χ3n) is 3.47. The van der Waals surface area contributed by atoms with Gasteiger partial charge >= 0.3 is 5.97 Å². The highest BCUT2D eigenvalue weighted by molar-refractivity contribution is 8.14. The maximum atomic E-state index is 11.9. The van der Waals surface area contributed by atoms with Crippen LogP contribution in [0, 0.1) is 5.92 Å². The van der Waals surface area contributed by atoms with Crippen LogP contribution in [0.4, 0.5) is 0 Å². The Labute approximate surface area is 128 Å². The quantitative estimate of drug-likeness (QED) is 0.593. The number of carbonyl (C=O) groups excluding carboxylic acids is 1. The zero-order valence-corrected chi connectivity index (χ0v) is 13.6. The summed E-state index contributed by atoms with van der Waals surface area (Å²) < 4.78 is 0. The van der Waals surface area contributed by atoms with Crippen molar-refractivity contribution in [2.24, 2.45) is 10.9 Å². The van der Waals surface area contributed by atoms with Crippen molar-refractivity contribution in [1.29, 1.82) is 0 Å². The fourth-order valence-electron chi connectivity index (χ4n) is 2.21.